The lowest BCUT2D eigenvalue weighted by Gasteiger charge is -2.10. The number of allylic oxidation sites excluding steroid dienone is 2. The zero-order valence-electron chi connectivity index (χ0n) is 12.8. The first-order valence-electron chi connectivity index (χ1n) is 7.63. The van der Waals surface area contributed by atoms with E-state index < -0.39 is 0 Å². The Morgan fingerprint density at radius 3 is 2.64 bits per heavy atom. The summed E-state index contributed by atoms with van der Waals surface area (Å²) in [7, 11) is 0. The maximum atomic E-state index is 11.9. The van der Waals surface area contributed by atoms with Gasteiger partial charge in [-0.1, -0.05) is 12.2 Å². The lowest BCUT2D eigenvalue weighted by molar-refractivity contribution is -0.123. The Bertz CT molecular complexity index is 537. The second-order valence-electron chi connectivity index (χ2n) is 5.28. The van der Waals surface area contributed by atoms with E-state index in [9.17, 15) is 9.59 Å². The van der Waals surface area contributed by atoms with E-state index in [0.717, 1.165) is 18.5 Å². The van der Waals surface area contributed by atoms with Crippen molar-refractivity contribution < 1.29 is 14.3 Å². The van der Waals surface area contributed by atoms with E-state index in [2.05, 4.69) is 22.8 Å². The van der Waals surface area contributed by atoms with Gasteiger partial charge in [-0.15, -0.1) is 0 Å². The number of amides is 2. The van der Waals surface area contributed by atoms with Gasteiger partial charge in [0, 0.05) is 18.7 Å². The van der Waals surface area contributed by atoms with Gasteiger partial charge in [0.25, 0.3) is 5.91 Å². The molecule has 0 unspecified atom stereocenters. The van der Waals surface area contributed by atoms with Crippen LogP contribution in [0.15, 0.2) is 36.4 Å². The molecule has 2 rings (SSSR count). The minimum atomic E-state index is -0.149. The van der Waals surface area contributed by atoms with Gasteiger partial charge in [0.15, 0.2) is 6.61 Å². The summed E-state index contributed by atoms with van der Waals surface area (Å²) in [6, 6.07) is 7.03. The maximum absolute atomic E-state index is 11.9. The fourth-order valence-electron chi connectivity index (χ4n) is 2.35. The highest BCUT2D eigenvalue weighted by atomic mass is 16.5. The molecule has 0 spiro atoms. The van der Waals surface area contributed by atoms with Gasteiger partial charge in [-0.2, -0.15) is 0 Å². The van der Waals surface area contributed by atoms with Crippen molar-refractivity contribution in [3.05, 3.63) is 36.4 Å². The molecule has 1 aromatic carbocycles. The minimum Gasteiger partial charge on any atom is -0.484 e. The Labute approximate surface area is 130 Å². The van der Waals surface area contributed by atoms with Crippen LogP contribution in [0.25, 0.3) is 0 Å². The lowest BCUT2D eigenvalue weighted by atomic mass is 10.1. The predicted molar refractivity (Wildman–Crippen MR) is 85.7 cm³/mol. The SMILES string of the molecule is CCNC(=O)COc1ccc(NC(=O)C[C@H]2C=CCC2)cc1. The van der Waals surface area contributed by atoms with Crippen molar-refractivity contribution in [1.82, 2.24) is 5.32 Å². The molecular weight excluding hydrogens is 280 g/mol. The third-order valence-electron chi connectivity index (χ3n) is 3.44. The normalized spacial score (nSPS) is 16.3. The van der Waals surface area contributed by atoms with Gasteiger partial charge in [0.2, 0.25) is 5.91 Å². The quantitative estimate of drug-likeness (QED) is 0.760. The Morgan fingerprint density at radius 2 is 2.00 bits per heavy atom. The molecule has 22 heavy (non-hydrogen) atoms. The zero-order valence-corrected chi connectivity index (χ0v) is 12.8. The molecule has 0 saturated heterocycles. The number of anilines is 1. The summed E-state index contributed by atoms with van der Waals surface area (Å²) in [6.45, 7) is 2.44. The van der Waals surface area contributed by atoms with E-state index >= 15 is 0 Å². The molecule has 0 fully saturated rings. The van der Waals surface area contributed by atoms with Crippen molar-refractivity contribution in [2.24, 2.45) is 5.92 Å². The van der Waals surface area contributed by atoms with E-state index in [1.807, 2.05) is 6.92 Å². The third-order valence-corrected chi connectivity index (χ3v) is 3.44. The van der Waals surface area contributed by atoms with Crippen LogP contribution in [0, 0.1) is 5.92 Å². The molecule has 0 radical (unpaired) electrons. The number of nitrogens with one attached hydrogen (secondary N) is 2. The summed E-state index contributed by atoms with van der Waals surface area (Å²) < 4.78 is 5.35. The van der Waals surface area contributed by atoms with Gasteiger partial charge in [-0.25, -0.2) is 0 Å². The summed E-state index contributed by atoms with van der Waals surface area (Å²) in [6.07, 6.45) is 6.87. The number of benzene rings is 1. The smallest absolute Gasteiger partial charge is 0.257 e. The fourth-order valence-corrected chi connectivity index (χ4v) is 2.35. The molecular formula is C17H22N2O3. The zero-order chi connectivity index (χ0) is 15.8. The van der Waals surface area contributed by atoms with Crippen molar-refractivity contribution in [1.29, 1.82) is 0 Å². The summed E-state index contributed by atoms with van der Waals surface area (Å²) in [4.78, 5) is 23.2. The van der Waals surface area contributed by atoms with Crippen LogP contribution in [0.1, 0.15) is 26.2 Å². The predicted octanol–water partition coefficient (Wildman–Crippen LogP) is 2.50. The second-order valence-corrected chi connectivity index (χ2v) is 5.28. The fraction of sp³-hybridized carbons (Fsp3) is 0.412. The highest BCUT2D eigenvalue weighted by Gasteiger charge is 2.14. The third kappa shape index (κ3) is 5.24. The molecule has 5 nitrogen and oxygen atoms in total. The average Bonchev–Trinajstić information content (AvgIpc) is 2.99. The van der Waals surface area contributed by atoms with Crippen LogP contribution < -0.4 is 15.4 Å². The maximum Gasteiger partial charge on any atom is 0.257 e. The summed E-state index contributed by atoms with van der Waals surface area (Å²) >= 11 is 0. The molecule has 1 aromatic rings. The van der Waals surface area contributed by atoms with Gasteiger partial charge < -0.3 is 15.4 Å². The topological polar surface area (TPSA) is 67.4 Å². The van der Waals surface area contributed by atoms with Crippen LogP contribution in [-0.2, 0) is 9.59 Å². The van der Waals surface area contributed by atoms with Crippen molar-refractivity contribution in [2.75, 3.05) is 18.5 Å². The van der Waals surface area contributed by atoms with Crippen molar-refractivity contribution in [2.45, 2.75) is 26.2 Å². The number of carbonyl (C=O) groups excluding carboxylic acids is 2. The molecule has 0 aromatic heterocycles. The minimum absolute atomic E-state index is 0.00639. The summed E-state index contributed by atoms with van der Waals surface area (Å²) in [5.41, 5.74) is 0.734. The first-order valence-corrected chi connectivity index (χ1v) is 7.63. The first-order chi connectivity index (χ1) is 10.7. The van der Waals surface area contributed by atoms with Crippen LogP contribution >= 0.6 is 0 Å². The molecule has 2 N–H and O–H groups in total. The average molecular weight is 302 g/mol. The molecule has 1 aliphatic rings. The van der Waals surface area contributed by atoms with E-state index in [-0.39, 0.29) is 18.4 Å². The van der Waals surface area contributed by atoms with E-state index in [1.54, 1.807) is 24.3 Å². The highest BCUT2D eigenvalue weighted by molar-refractivity contribution is 5.91. The second kappa shape index (κ2) is 8.22. The molecule has 0 bridgehead atoms. The van der Waals surface area contributed by atoms with E-state index in [0.29, 0.717) is 24.6 Å². The van der Waals surface area contributed by atoms with Gasteiger partial charge in [0.1, 0.15) is 5.75 Å². The van der Waals surface area contributed by atoms with Crippen molar-refractivity contribution in [3.8, 4) is 5.75 Å². The Hall–Kier alpha value is -2.30. The number of rotatable bonds is 7. The molecule has 0 aliphatic heterocycles. The molecule has 118 valence electrons. The Kier molecular flexibility index (Phi) is 6.01. The molecule has 0 heterocycles. The Morgan fingerprint density at radius 1 is 1.23 bits per heavy atom. The van der Waals surface area contributed by atoms with Crippen molar-refractivity contribution in [3.63, 3.8) is 0 Å². The number of hydrogen-bond donors (Lipinski definition) is 2. The number of likely N-dealkylation sites (N-methyl/N-ethyl adjacent to an activating group) is 1. The Balaban J connectivity index is 1.77. The van der Waals surface area contributed by atoms with Crippen LogP contribution in [0.5, 0.6) is 5.75 Å². The summed E-state index contributed by atoms with van der Waals surface area (Å²) in [5.74, 6) is 0.833. The van der Waals surface area contributed by atoms with Gasteiger partial charge in [0.05, 0.1) is 0 Å². The van der Waals surface area contributed by atoms with E-state index in [4.69, 9.17) is 4.74 Å². The van der Waals surface area contributed by atoms with Crippen LogP contribution in [0.3, 0.4) is 0 Å². The van der Waals surface area contributed by atoms with E-state index in [1.165, 1.54) is 0 Å². The largest absolute Gasteiger partial charge is 0.484 e. The number of carbonyl (C=O) groups is 2. The summed E-state index contributed by atoms with van der Waals surface area (Å²) in [5, 5.41) is 5.53. The highest BCUT2D eigenvalue weighted by Crippen LogP contribution is 2.21. The van der Waals surface area contributed by atoms with Gasteiger partial charge in [-0.05, 0) is 49.9 Å². The van der Waals surface area contributed by atoms with Gasteiger partial charge in [-0.3, -0.25) is 9.59 Å². The molecule has 5 heteroatoms. The van der Waals surface area contributed by atoms with Crippen LogP contribution in [0.2, 0.25) is 0 Å². The molecule has 1 atom stereocenters. The number of ether oxygens (including phenoxy) is 1. The van der Waals surface area contributed by atoms with Gasteiger partial charge >= 0.3 is 0 Å². The monoisotopic (exact) mass is 302 g/mol. The molecule has 0 saturated carbocycles. The van der Waals surface area contributed by atoms with Crippen LogP contribution in [0.4, 0.5) is 5.69 Å². The molecule has 2 amide bonds. The molecule has 1 aliphatic carbocycles. The van der Waals surface area contributed by atoms with Crippen molar-refractivity contribution >= 4 is 17.5 Å². The first kappa shape index (κ1) is 16.1. The lowest BCUT2D eigenvalue weighted by Crippen LogP contribution is -2.28. The number of hydrogen-bond acceptors (Lipinski definition) is 3. The standard InChI is InChI=1S/C17H22N2O3/c1-2-18-17(21)12-22-15-9-7-14(8-10-15)19-16(20)11-13-5-3-4-6-13/h3,5,7-10,13H,2,4,6,11-12H2,1H3,(H,18,21)(H,19,20)/t13-/m0/s1. The van der Waals surface area contributed by atoms with Crippen LogP contribution in [-0.4, -0.2) is 25.0 Å².